The van der Waals surface area contributed by atoms with E-state index in [-0.39, 0.29) is 6.10 Å². The molecule has 0 saturated heterocycles. The Kier molecular flexibility index (Phi) is 3.85. The molecule has 0 fully saturated rings. The van der Waals surface area contributed by atoms with E-state index in [9.17, 15) is 13.2 Å². The van der Waals surface area contributed by atoms with Crippen molar-refractivity contribution in [3.63, 3.8) is 0 Å². The van der Waals surface area contributed by atoms with E-state index in [2.05, 4.69) is 4.98 Å². The summed E-state index contributed by atoms with van der Waals surface area (Å²) >= 11 is 0. The predicted molar refractivity (Wildman–Crippen MR) is 78.1 cm³/mol. The van der Waals surface area contributed by atoms with Gasteiger partial charge in [0.15, 0.2) is 15.6 Å². The Morgan fingerprint density at radius 1 is 1.35 bits per heavy atom. The van der Waals surface area contributed by atoms with Crippen molar-refractivity contribution in [1.29, 1.82) is 0 Å². The van der Waals surface area contributed by atoms with Crippen LogP contribution >= 0.6 is 0 Å². The second-order valence-corrected chi connectivity index (χ2v) is 7.18. The first kappa shape index (κ1) is 14.6. The maximum absolute atomic E-state index is 12.1. The van der Waals surface area contributed by atoms with Crippen molar-refractivity contribution in [3.05, 3.63) is 30.0 Å². The number of Topliss-reactive ketones (excluding diaryl/α,β-unsaturated/α-hetero) is 1. The summed E-state index contributed by atoms with van der Waals surface area (Å²) in [4.78, 5) is 15.1. The summed E-state index contributed by atoms with van der Waals surface area (Å²) in [5.74, 6) is -0.357. The molecule has 2 aromatic rings. The van der Waals surface area contributed by atoms with Gasteiger partial charge >= 0.3 is 0 Å². The molecule has 0 radical (unpaired) electrons. The Hall–Kier alpha value is -1.82. The van der Waals surface area contributed by atoms with Gasteiger partial charge in [-0.1, -0.05) is 6.07 Å². The van der Waals surface area contributed by atoms with E-state index < -0.39 is 21.4 Å². The molecule has 0 unspecified atom stereocenters. The molecular weight excluding hydrogens is 278 g/mol. The van der Waals surface area contributed by atoms with Crippen LogP contribution in [0.25, 0.3) is 10.9 Å². The first-order valence-corrected chi connectivity index (χ1v) is 8.31. The van der Waals surface area contributed by atoms with Crippen LogP contribution in [0.1, 0.15) is 24.2 Å². The molecule has 1 N–H and O–H groups in total. The number of hydrogen-bond acceptors (Lipinski definition) is 4. The van der Waals surface area contributed by atoms with Gasteiger partial charge in [-0.15, -0.1) is 0 Å². The molecule has 5 nitrogen and oxygen atoms in total. The van der Waals surface area contributed by atoms with Gasteiger partial charge in [-0.05, 0) is 26.0 Å². The Bertz CT molecular complexity index is 744. The fourth-order valence-corrected chi connectivity index (χ4v) is 2.67. The third-order valence-electron chi connectivity index (χ3n) is 2.72. The van der Waals surface area contributed by atoms with Gasteiger partial charge in [0.1, 0.15) is 11.5 Å². The van der Waals surface area contributed by atoms with Gasteiger partial charge in [-0.25, -0.2) is 8.42 Å². The highest BCUT2D eigenvalue weighted by atomic mass is 32.2. The molecule has 6 heteroatoms. The zero-order valence-electron chi connectivity index (χ0n) is 11.6. The number of fused-ring (bicyclic) bond motifs is 1. The molecule has 0 atom stereocenters. The number of aromatic amines is 1. The second kappa shape index (κ2) is 5.28. The average Bonchev–Trinajstić information content (AvgIpc) is 2.70. The minimum absolute atomic E-state index is 0.0339. The smallest absolute Gasteiger partial charge is 0.180 e. The molecule has 0 saturated carbocycles. The summed E-state index contributed by atoms with van der Waals surface area (Å²) in [6, 6.07) is 5.41. The Balaban J connectivity index is 2.52. The number of sulfone groups is 1. The zero-order chi connectivity index (χ0) is 14.9. The summed E-state index contributed by atoms with van der Waals surface area (Å²) in [5, 5.41) is 0.634. The van der Waals surface area contributed by atoms with Crippen molar-refractivity contribution in [2.24, 2.45) is 0 Å². The summed E-state index contributed by atoms with van der Waals surface area (Å²) in [5.41, 5.74) is 1.10. The normalized spacial score (nSPS) is 12.0. The lowest BCUT2D eigenvalue weighted by Gasteiger charge is -2.11. The highest BCUT2D eigenvalue weighted by Crippen LogP contribution is 2.30. The average molecular weight is 295 g/mol. The minimum Gasteiger partial charge on any atom is -0.490 e. The van der Waals surface area contributed by atoms with E-state index in [4.69, 9.17) is 4.74 Å². The summed E-state index contributed by atoms with van der Waals surface area (Å²) in [7, 11) is -3.36. The molecule has 0 aliphatic heterocycles. The van der Waals surface area contributed by atoms with Gasteiger partial charge in [0.25, 0.3) is 0 Å². The molecule has 1 aromatic carbocycles. The standard InChI is InChI=1S/C14H17NO4S/c1-9(2)19-13-6-4-5-11-14(13)10(7-15-11)12(16)8-20(3,17)18/h4-7,9,15H,8H2,1-3H3. The molecular formula is C14H17NO4S. The van der Waals surface area contributed by atoms with Crippen molar-refractivity contribution in [2.75, 3.05) is 12.0 Å². The lowest BCUT2D eigenvalue weighted by atomic mass is 10.1. The number of rotatable bonds is 5. The van der Waals surface area contributed by atoms with E-state index in [1.807, 2.05) is 26.0 Å². The number of carbonyl (C=O) groups excluding carboxylic acids is 1. The number of H-pyrrole nitrogens is 1. The molecule has 0 amide bonds. The van der Waals surface area contributed by atoms with Gasteiger partial charge in [-0.2, -0.15) is 0 Å². The number of aromatic nitrogens is 1. The topological polar surface area (TPSA) is 76.2 Å². The lowest BCUT2D eigenvalue weighted by Crippen LogP contribution is -2.14. The van der Waals surface area contributed by atoms with Gasteiger partial charge in [0.05, 0.1) is 11.5 Å². The number of hydrogen-bond donors (Lipinski definition) is 1. The van der Waals surface area contributed by atoms with Crippen LogP contribution in [-0.2, 0) is 9.84 Å². The fraction of sp³-hybridized carbons (Fsp3) is 0.357. The van der Waals surface area contributed by atoms with Crippen LogP contribution < -0.4 is 4.74 Å². The molecule has 108 valence electrons. The summed E-state index contributed by atoms with van der Waals surface area (Å²) in [6.45, 7) is 3.78. The Labute approximate surface area is 117 Å². The van der Waals surface area contributed by atoms with E-state index >= 15 is 0 Å². The number of carbonyl (C=O) groups is 1. The van der Waals surface area contributed by atoms with Gasteiger partial charge in [0, 0.05) is 23.5 Å². The van der Waals surface area contributed by atoms with Crippen molar-refractivity contribution in [3.8, 4) is 5.75 Å². The van der Waals surface area contributed by atoms with Crippen LogP contribution in [0, 0.1) is 0 Å². The molecule has 1 aromatic heterocycles. The van der Waals surface area contributed by atoms with Crippen LogP contribution in [0.4, 0.5) is 0 Å². The van der Waals surface area contributed by atoms with E-state index in [1.54, 1.807) is 6.07 Å². The Morgan fingerprint density at radius 3 is 2.65 bits per heavy atom. The molecule has 0 bridgehead atoms. The number of ketones is 1. The van der Waals surface area contributed by atoms with E-state index in [0.717, 1.165) is 11.8 Å². The van der Waals surface area contributed by atoms with Crippen LogP contribution in [0.3, 0.4) is 0 Å². The molecule has 0 spiro atoms. The first-order chi connectivity index (χ1) is 9.28. The van der Waals surface area contributed by atoms with Crippen molar-refractivity contribution >= 4 is 26.5 Å². The number of ether oxygens (including phenoxy) is 1. The van der Waals surface area contributed by atoms with Gasteiger partial charge in [-0.3, -0.25) is 4.79 Å². The van der Waals surface area contributed by atoms with Crippen molar-refractivity contribution in [2.45, 2.75) is 20.0 Å². The maximum atomic E-state index is 12.1. The molecule has 0 aliphatic rings. The van der Waals surface area contributed by atoms with E-state index in [1.165, 1.54) is 6.20 Å². The Morgan fingerprint density at radius 2 is 2.05 bits per heavy atom. The fourth-order valence-electron chi connectivity index (χ4n) is 2.04. The number of benzene rings is 1. The largest absolute Gasteiger partial charge is 0.490 e. The number of nitrogens with one attached hydrogen (secondary N) is 1. The van der Waals surface area contributed by atoms with Crippen LogP contribution in [0.15, 0.2) is 24.4 Å². The molecule has 0 aliphatic carbocycles. The second-order valence-electron chi connectivity index (χ2n) is 5.04. The first-order valence-electron chi connectivity index (χ1n) is 6.25. The maximum Gasteiger partial charge on any atom is 0.180 e. The monoisotopic (exact) mass is 295 g/mol. The third kappa shape index (κ3) is 3.19. The van der Waals surface area contributed by atoms with Gasteiger partial charge in [0.2, 0.25) is 0 Å². The SMILES string of the molecule is CC(C)Oc1cccc2[nH]cc(C(=O)CS(C)(=O)=O)c12. The molecule has 20 heavy (non-hydrogen) atoms. The highest BCUT2D eigenvalue weighted by Gasteiger charge is 2.19. The van der Waals surface area contributed by atoms with Gasteiger partial charge < -0.3 is 9.72 Å². The van der Waals surface area contributed by atoms with E-state index in [0.29, 0.717) is 16.7 Å². The summed E-state index contributed by atoms with van der Waals surface area (Å²) < 4.78 is 28.2. The molecule has 1 heterocycles. The highest BCUT2D eigenvalue weighted by molar-refractivity contribution is 7.91. The quantitative estimate of drug-likeness (QED) is 0.858. The van der Waals surface area contributed by atoms with Crippen molar-refractivity contribution < 1.29 is 17.9 Å². The van der Waals surface area contributed by atoms with Crippen LogP contribution in [0.2, 0.25) is 0 Å². The third-order valence-corrected chi connectivity index (χ3v) is 3.51. The minimum atomic E-state index is -3.36. The predicted octanol–water partition coefficient (Wildman–Crippen LogP) is 2.18. The van der Waals surface area contributed by atoms with Crippen LogP contribution in [-0.4, -0.2) is 37.3 Å². The zero-order valence-corrected chi connectivity index (χ0v) is 12.5. The van der Waals surface area contributed by atoms with Crippen LogP contribution in [0.5, 0.6) is 5.75 Å². The van der Waals surface area contributed by atoms with Crippen molar-refractivity contribution in [1.82, 2.24) is 4.98 Å². The lowest BCUT2D eigenvalue weighted by molar-refractivity contribution is 0.102. The molecule has 2 rings (SSSR count). The summed E-state index contributed by atoms with van der Waals surface area (Å²) in [6.07, 6.45) is 2.55.